The second-order valence-electron chi connectivity index (χ2n) is 5.20. The van der Waals surface area contributed by atoms with Gasteiger partial charge in [0, 0.05) is 27.7 Å². The highest BCUT2D eigenvalue weighted by molar-refractivity contribution is 6.20. The number of halogens is 1. The Morgan fingerprint density at radius 1 is 0.958 bits per heavy atom. The van der Waals surface area contributed by atoms with E-state index < -0.39 is 53.7 Å². The summed E-state index contributed by atoms with van der Waals surface area (Å²) in [5.74, 6) is -2.33. The summed E-state index contributed by atoms with van der Waals surface area (Å²) in [6.45, 7) is 4.51. The molecule has 0 aromatic carbocycles. The number of carbonyl (C=O) groups excluding carboxylic acids is 4. The van der Waals surface area contributed by atoms with Crippen LogP contribution in [0, 0.1) is 0 Å². The van der Waals surface area contributed by atoms with Crippen molar-refractivity contribution in [3.8, 4) is 0 Å². The van der Waals surface area contributed by atoms with Crippen LogP contribution in [0.15, 0.2) is 0 Å². The molecule has 5 atom stereocenters. The second-order valence-corrected chi connectivity index (χ2v) is 5.63. The molecule has 1 amide bonds. The minimum absolute atomic E-state index is 0.263. The average Bonchev–Trinajstić information content (AvgIpc) is 2.42. The van der Waals surface area contributed by atoms with E-state index in [2.05, 4.69) is 5.32 Å². The van der Waals surface area contributed by atoms with Crippen molar-refractivity contribution < 1.29 is 38.1 Å². The molecule has 0 radical (unpaired) electrons. The average molecular weight is 366 g/mol. The Kier molecular flexibility index (Phi) is 7.43. The molecule has 1 rings (SSSR count). The van der Waals surface area contributed by atoms with Gasteiger partial charge in [-0.3, -0.25) is 19.2 Å². The van der Waals surface area contributed by atoms with Crippen molar-refractivity contribution in [2.24, 2.45) is 0 Å². The maximum absolute atomic E-state index is 11.4. The Morgan fingerprint density at radius 3 is 1.96 bits per heavy atom. The molecule has 24 heavy (non-hydrogen) atoms. The van der Waals surface area contributed by atoms with Gasteiger partial charge >= 0.3 is 17.9 Å². The molecule has 0 saturated carbocycles. The number of esters is 3. The smallest absolute Gasteiger partial charge is 0.303 e. The topological polar surface area (TPSA) is 117 Å². The van der Waals surface area contributed by atoms with Crippen molar-refractivity contribution in [3.05, 3.63) is 0 Å². The molecular weight excluding hydrogens is 346 g/mol. The van der Waals surface area contributed by atoms with Gasteiger partial charge in [-0.2, -0.15) is 0 Å². The van der Waals surface area contributed by atoms with Gasteiger partial charge in [0.25, 0.3) is 0 Å². The SMILES string of the molecule is CC(=O)N[C@@H]1[C@@H](OC(C)=O)[C@@H](OC(C)=O)[C@@H](COC(C)=O)O[C@H]1Cl. The van der Waals surface area contributed by atoms with E-state index in [4.69, 9.17) is 30.5 Å². The highest BCUT2D eigenvalue weighted by atomic mass is 35.5. The summed E-state index contributed by atoms with van der Waals surface area (Å²) in [7, 11) is 0. The number of hydrogen-bond donors (Lipinski definition) is 1. The minimum Gasteiger partial charge on any atom is -0.463 e. The molecule has 0 bridgehead atoms. The number of hydrogen-bond acceptors (Lipinski definition) is 8. The Labute approximate surface area is 143 Å². The van der Waals surface area contributed by atoms with Crippen molar-refractivity contribution in [2.75, 3.05) is 6.61 Å². The lowest BCUT2D eigenvalue weighted by Gasteiger charge is -2.43. The molecule has 0 unspecified atom stereocenters. The molecule has 1 saturated heterocycles. The van der Waals surface area contributed by atoms with Gasteiger partial charge < -0.3 is 24.3 Å². The number of alkyl halides is 1. The minimum atomic E-state index is -1.11. The van der Waals surface area contributed by atoms with Crippen LogP contribution in [-0.4, -0.2) is 60.3 Å². The lowest BCUT2D eigenvalue weighted by Crippen LogP contribution is -2.64. The Bertz CT molecular complexity index is 511. The number of amides is 1. The Morgan fingerprint density at radius 2 is 1.50 bits per heavy atom. The maximum Gasteiger partial charge on any atom is 0.303 e. The lowest BCUT2D eigenvalue weighted by atomic mass is 9.97. The molecule has 1 fully saturated rings. The van der Waals surface area contributed by atoms with Crippen molar-refractivity contribution in [1.82, 2.24) is 5.32 Å². The lowest BCUT2D eigenvalue weighted by molar-refractivity contribution is -0.212. The van der Waals surface area contributed by atoms with Gasteiger partial charge in [0.15, 0.2) is 17.8 Å². The van der Waals surface area contributed by atoms with E-state index in [1.165, 1.54) is 13.8 Å². The van der Waals surface area contributed by atoms with Gasteiger partial charge in [-0.05, 0) is 0 Å². The highest BCUT2D eigenvalue weighted by Gasteiger charge is 2.50. The summed E-state index contributed by atoms with van der Waals surface area (Å²) in [4.78, 5) is 45.2. The van der Waals surface area contributed by atoms with E-state index in [1.807, 2.05) is 0 Å². The van der Waals surface area contributed by atoms with Crippen LogP contribution < -0.4 is 5.32 Å². The van der Waals surface area contributed by atoms with Gasteiger partial charge in [-0.1, -0.05) is 11.6 Å². The summed E-state index contributed by atoms with van der Waals surface area (Å²) in [5.41, 5.74) is -1.09. The number of carbonyl (C=O) groups is 4. The van der Waals surface area contributed by atoms with E-state index in [-0.39, 0.29) is 6.61 Å². The molecular formula is C14H20ClNO8. The third-order valence-electron chi connectivity index (χ3n) is 3.06. The first-order valence-corrected chi connectivity index (χ1v) is 7.60. The van der Waals surface area contributed by atoms with Crippen LogP contribution in [0.3, 0.4) is 0 Å². The zero-order valence-corrected chi connectivity index (χ0v) is 14.5. The largest absolute Gasteiger partial charge is 0.463 e. The van der Waals surface area contributed by atoms with Crippen molar-refractivity contribution >= 4 is 35.4 Å². The van der Waals surface area contributed by atoms with E-state index in [1.54, 1.807) is 0 Å². The van der Waals surface area contributed by atoms with Crippen molar-refractivity contribution in [3.63, 3.8) is 0 Å². The highest BCUT2D eigenvalue weighted by Crippen LogP contribution is 2.28. The van der Waals surface area contributed by atoms with Crippen molar-refractivity contribution in [2.45, 2.75) is 57.6 Å². The first-order valence-electron chi connectivity index (χ1n) is 7.16. The molecule has 0 aliphatic carbocycles. The van der Waals surface area contributed by atoms with E-state index in [9.17, 15) is 19.2 Å². The predicted octanol–water partition coefficient (Wildman–Crippen LogP) is -0.119. The van der Waals surface area contributed by atoms with Crippen LogP contribution >= 0.6 is 11.6 Å². The van der Waals surface area contributed by atoms with E-state index in [0.717, 1.165) is 13.8 Å². The van der Waals surface area contributed by atoms with Crippen molar-refractivity contribution in [1.29, 1.82) is 0 Å². The normalized spacial score (nSPS) is 29.3. The van der Waals surface area contributed by atoms with E-state index in [0.29, 0.717) is 0 Å². The van der Waals surface area contributed by atoms with Gasteiger partial charge in [0.1, 0.15) is 18.8 Å². The summed E-state index contributed by atoms with van der Waals surface area (Å²) < 4.78 is 20.7. The molecule has 1 aliphatic heterocycles. The standard InChI is InChI=1S/C14H20ClNO8/c1-6(17)16-11-13(23-9(4)20)12(22-8(3)19)10(24-14(11)15)5-21-7(2)18/h10-14H,5H2,1-4H3,(H,16,17)/t10-,11-,12+,13-,14-/m1/s1. The molecule has 0 aromatic rings. The quantitative estimate of drug-likeness (QED) is 0.407. The van der Waals surface area contributed by atoms with Crippen LogP contribution in [0.4, 0.5) is 0 Å². The fourth-order valence-electron chi connectivity index (χ4n) is 2.28. The van der Waals surface area contributed by atoms with Crippen LogP contribution in [0.1, 0.15) is 27.7 Å². The van der Waals surface area contributed by atoms with Gasteiger partial charge in [0.05, 0.1) is 0 Å². The number of ether oxygens (including phenoxy) is 4. The number of rotatable bonds is 5. The van der Waals surface area contributed by atoms with E-state index >= 15 is 0 Å². The second kappa shape index (κ2) is 8.84. The fraction of sp³-hybridized carbons (Fsp3) is 0.714. The molecule has 0 aromatic heterocycles. The van der Waals surface area contributed by atoms with Crippen LogP contribution in [-0.2, 0) is 38.1 Å². The third-order valence-corrected chi connectivity index (χ3v) is 3.43. The maximum atomic E-state index is 11.4. The molecule has 0 spiro atoms. The number of nitrogens with one attached hydrogen (secondary N) is 1. The summed E-state index contributed by atoms with van der Waals surface area (Å²) >= 11 is 6.11. The Hall–Kier alpha value is -1.87. The molecule has 136 valence electrons. The molecule has 10 heteroatoms. The first kappa shape index (κ1) is 20.2. The van der Waals surface area contributed by atoms with Crippen LogP contribution in [0.5, 0.6) is 0 Å². The molecule has 9 nitrogen and oxygen atoms in total. The molecule has 1 heterocycles. The van der Waals surface area contributed by atoms with Crippen LogP contribution in [0.25, 0.3) is 0 Å². The Balaban J connectivity index is 3.11. The first-order chi connectivity index (χ1) is 11.1. The fourth-order valence-corrected chi connectivity index (χ4v) is 2.62. The zero-order chi connectivity index (χ0) is 18.4. The molecule has 1 aliphatic rings. The summed E-state index contributed by atoms with van der Waals surface area (Å²) in [6, 6.07) is -0.953. The summed E-state index contributed by atoms with van der Waals surface area (Å²) in [6.07, 6.45) is -3.18. The monoisotopic (exact) mass is 365 g/mol. The zero-order valence-electron chi connectivity index (χ0n) is 13.7. The molecule has 1 N–H and O–H groups in total. The van der Waals surface area contributed by atoms with Gasteiger partial charge in [0.2, 0.25) is 5.91 Å². The third kappa shape index (κ3) is 5.97. The predicted molar refractivity (Wildman–Crippen MR) is 79.9 cm³/mol. The summed E-state index contributed by atoms with van der Waals surface area (Å²) in [5, 5.41) is 2.50. The van der Waals surface area contributed by atoms with Gasteiger partial charge in [-0.15, -0.1) is 0 Å². The van der Waals surface area contributed by atoms with Crippen LogP contribution in [0.2, 0.25) is 0 Å². The van der Waals surface area contributed by atoms with Gasteiger partial charge in [-0.25, -0.2) is 0 Å².